The van der Waals surface area contributed by atoms with Crippen LogP contribution < -0.4 is 10.0 Å². The summed E-state index contributed by atoms with van der Waals surface area (Å²) in [5.41, 5.74) is 1.34. The fourth-order valence-electron chi connectivity index (χ4n) is 2.06. The van der Waals surface area contributed by atoms with Gasteiger partial charge in [0, 0.05) is 5.69 Å². The van der Waals surface area contributed by atoms with E-state index in [1.54, 1.807) is 35.9 Å². The van der Waals surface area contributed by atoms with Crippen LogP contribution in [0.1, 0.15) is 5.56 Å². The Morgan fingerprint density at radius 1 is 1.04 bits per heavy atom. The van der Waals surface area contributed by atoms with E-state index in [0.717, 1.165) is 23.8 Å². The van der Waals surface area contributed by atoms with Crippen molar-refractivity contribution in [2.24, 2.45) is 0 Å². The largest absolute Gasteiger partial charge is 0.455 e. The minimum absolute atomic E-state index is 0.536. The zero-order valence-electron chi connectivity index (χ0n) is 14.2. The maximum absolute atomic E-state index is 13.5. The van der Waals surface area contributed by atoms with E-state index in [2.05, 4.69) is 10.1 Å². The molecule has 10 heteroatoms. The number of sulfonamides is 1. The number of benzene rings is 2. The molecule has 1 amide bonds. The Balaban J connectivity index is 1.87. The van der Waals surface area contributed by atoms with Crippen molar-refractivity contribution in [1.82, 2.24) is 4.72 Å². The van der Waals surface area contributed by atoms with Gasteiger partial charge in [-0.1, -0.05) is 24.3 Å². The lowest BCUT2D eigenvalue weighted by molar-refractivity contribution is -0.146. The number of nitrogens with one attached hydrogen (secondary N) is 2. The van der Waals surface area contributed by atoms with Crippen LogP contribution in [0.25, 0.3) is 0 Å². The van der Waals surface area contributed by atoms with Crippen LogP contribution >= 0.6 is 0 Å². The van der Waals surface area contributed by atoms with Crippen LogP contribution in [0.2, 0.25) is 0 Å². The Hall–Kier alpha value is -2.85. The number of halogens is 2. The maximum Gasteiger partial charge on any atom is 0.321 e. The first-order valence-corrected chi connectivity index (χ1v) is 9.14. The molecule has 0 aromatic heterocycles. The van der Waals surface area contributed by atoms with Gasteiger partial charge < -0.3 is 10.1 Å². The number of ether oxygens (including phenoxy) is 1. The fourth-order valence-corrected chi connectivity index (χ4v) is 3.16. The molecule has 0 fully saturated rings. The molecular weight excluding hydrogens is 382 g/mol. The second-order valence-corrected chi connectivity index (χ2v) is 7.10. The van der Waals surface area contributed by atoms with Gasteiger partial charge >= 0.3 is 5.97 Å². The van der Waals surface area contributed by atoms with Crippen LogP contribution in [0.15, 0.2) is 47.4 Å². The van der Waals surface area contributed by atoms with Crippen molar-refractivity contribution < 1.29 is 31.5 Å². The molecule has 7 nitrogen and oxygen atoms in total. The molecule has 2 aromatic carbocycles. The molecule has 0 heterocycles. The van der Waals surface area contributed by atoms with Gasteiger partial charge in [-0.05, 0) is 30.7 Å². The number of anilines is 1. The summed E-state index contributed by atoms with van der Waals surface area (Å²) >= 11 is 0. The van der Waals surface area contributed by atoms with E-state index >= 15 is 0 Å². The normalized spacial score (nSPS) is 11.1. The molecule has 2 rings (SSSR count). The zero-order valence-corrected chi connectivity index (χ0v) is 15.0. The monoisotopic (exact) mass is 398 g/mol. The van der Waals surface area contributed by atoms with Gasteiger partial charge in [0.25, 0.3) is 5.91 Å². The van der Waals surface area contributed by atoms with Gasteiger partial charge in [-0.3, -0.25) is 9.59 Å². The third-order valence-corrected chi connectivity index (χ3v) is 4.83. The molecule has 0 bridgehead atoms. The summed E-state index contributed by atoms with van der Waals surface area (Å²) in [7, 11) is -4.61. The SMILES string of the molecule is Cc1ccccc1NC(=O)COC(=O)CNS(=O)(=O)c1c(F)cccc1F. The Morgan fingerprint density at radius 3 is 2.30 bits per heavy atom. The smallest absolute Gasteiger partial charge is 0.321 e. The van der Waals surface area contributed by atoms with Gasteiger partial charge in [-0.2, -0.15) is 4.72 Å². The van der Waals surface area contributed by atoms with Gasteiger partial charge in [-0.25, -0.2) is 17.2 Å². The highest BCUT2D eigenvalue weighted by Gasteiger charge is 2.24. The molecule has 0 saturated heterocycles. The number of hydrogen-bond donors (Lipinski definition) is 2. The van der Waals surface area contributed by atoms with Gasteiger partial charge in [0.1, 0.15) is 18.2 Å². The van der Waals surface area contributed by atoms with Crippen LogP contribution in [-0.2, 0) is 24.3 Å². The quantitative estimate of drug-likeness (QED) is 0.692. The molecule has 0 spiro atoms. The van der Waals surface area contributed by atoms with Crippen LogP contribution in [0.4, 0.5) is 14.5 Å². The highest BCUT2D eigenvalue weighted by Crippen LogP contribution is 2.17. The lowest BCUT2D eigenvalue weighted by Gasteiger charge is -2.10. The summed E-state index contributed by atoms with van der Waals surface area (Å²) in [5, 5.41) is 2.52. The number of carbonyl (C=O) groups is 2. The third kappa shape index (κ3) is 5.56. The van der Waals surface area contributed by atoms with Crippen molar-refractivity contribution in [2.75, 3.05) is 18.5 Å². The molecule has 2 aromatic rings. The third-order valence-electron chi connectivity index (χ3n) is 3.38. The van der Waals surface area contributed by atoms with E-state index in [-0.39, 0.29) is 0 Å². The molecular formula is C17H16F2N2O5S. The number of hydrogen-bond acceptors (Lipinski definition) is 5. The van der Waals surface area contributed by atoms with Crippen molar-refractivity contribution in [3.8, 4) is 0 Å². The second-order valence-electron chi connectivity index (χ2n) is 5.40. The van der Waals surface area contributed by atoms with Gasteiger partial charge in [0.15, 0.2) is 11.5 Å². The summed E-state index contributed by atoms with van der Waals surface area (Å²) in [6, 6.07) is 9.48. The molecule has 0 aliphatic rings. The van der Waals surface area contributed by atoms with Gasteiger partial charge in [0.05, 0.1) is 0 Å². The van der Waals surface area contributed by atoms with Crippen molar-refractivity contribution in [1.29, 1.82) is 0 Å². The minimum atomic E-state index is -4.61. The van der Waals surface area contributed by atoms with E-state index in [0.29, 0.717) is 5.69 Å². The lowest BCUT2D eigenvalue weighted by Crippen LogP contribution is -2.33. The molecule has 2 N–H and O–H groups in total. The Bertz CT molecular complexity index is 943. The van der Waals surface area contributed by atoms with Crippen LogP contribution in [0.3, 0.4) is 0 Å². The summed E-state index contributed by atoms with van der Waals surface area (Å²) in [6.45, 7) is 0.231. The van der Waals surface area contributed by atoms with Gasteiger partial charge in [0.2, 0.25) is 10.0 Å². The highest BCUT2D eigenvalue weighted by molar-refractivity contribution is 7.89. The maximum atomic E-state index is 13.5. The number of para-hydroxylation sites is 1. The first kappa shape index (κ1) is 20.5. The summed E-state index contributed by atoms with van der Waals surface area (Å²) in [6.07, 6.45) is 0. The second kappa shape index (κ2) is 8.69. The standard InChI is InChI=1S/C17H16F2N2O5S/c1-11-5-2-3-8-14(11)21-15(22)10-26-16(23)9-20-27(24,25)17-12(18)6-4-7-13(17)19/h2-8,20H,9-10H2,1H3,(H,21,22). The van der Waals surface area contributed by atoms with Crippen molar-refractivity contribution in [3.63, 3.8) is 0 Å². The van der Waals surface area contributed by atoms with Crippen LogP contribution in [0, 0.1) is 18.6 Å². The first-order chi connectivity index (χ1) is 12.7. The van der Waals surface area contributed by atoms with E-state index in [1.165, 1.54) is 0 Å². The molecule has 0 atom stereocenters. The van der Waals surface area contributed by atoms with Crippen LogP contribution in [-0.4, -0.2) is 33.4 Å². The average molecular weight is 398 g/mol. The predicted molar refractivity (Wildman–Crippen MR) is 92.3 cm³/mol. The Labute approximate surface area is 154 Å². The number of amides is 1. The lowest BCUT2D eigenvalue weighted by atomic mass is 10.2. The summed E-state index contributed by atoms with van der Waals surface area (Å²) < 4.78 is 57.3. The Morgan fingerprint density at radius 2 is 1.67 bits per heavy atom. The molecule has 0 unspecified atom stereocenters. The number of aryl methyl sites for hydroxylation is 1. The summed E-state index contributed by atoms with van der Waals surface area (Å²) in [4.78, 5) is 22.2. The molecule has 0 saturated carbocycles. The predicted octanol–water partition coefficient (Wildman–Crippen LogP) is 1.73. The minimum Gasteiger partial charge on any atom is -0.455 e. The van der Waals surface area contributed by atoms with E-state index in [4.69, 9.17) is 0 Å². The number of rotatable bonds is 7. The van der Waals surface area contributed by atoms with E-state index in [1.807, 2.05) is 0 Å². The average Bonchev–Trinajstić information content (AvgIpc) is 2.60. The highest BCUT2D eigenvalue weighted by atomic mass is 32.2. The van der Waals surface area contributed by atoms with Crippen molar-refractivity contribution >= 4 is 27.6 Å². The zero-order chi connectivity index (χ0) is 20.0. The van der Waals surface area contributed by atoms with E-state index in [9.17, 15) is 26.8 Å². The van der Waals surface area contributed by atoms with Crippen molar-refractivity contribution in [3.05, 3.63) is 59.7 Å². The molecule has 27 heavy (non-hydrogen) atoms. The molecule has 0 aliphatic carbocycles. The molecule has 0 aliphatic heterocycles. The first-order valence-electron chi connectivity index (χ1n) is 7.65. The van der Waals surface area contributed by atoms with Crippen molar-refractivity contribution in [2.45, 2.75) is 11.8 Å². The summed E-state index contributed by atoms with van der Waals surface area (Å²) in [5.74, 6) is -4.31. The molecule has 0 radical (unpaired) electrons. The molecule has 144 valence electrons. The van der Waals surface area contributed by atoms with Crippen LogP contribution in [0.5, 0.6) is 0 Å². The van der Waals surface area contributed by atoms with Gasteiger partial charge in [-0.15, -0.1) is 0 Å². The fraction of sp³-hybridized carbons (Fsp3) is 0.176. The number of carbonyl (C=O) groups excluding carboxylic acids is 2. The Kier molecular flexibility index (Phi) is 6.59. The number of esters is 1. The van der Waals surface area contributed by atoms with E-state index < -0.39 is 51.6 Å². The topological polar surface area (TPSA) is 102 Å².